The van der Waals surface area contributed by atoms with E-state index in [-0.39, 0.29) is 6.03 Å². The summed E-state index contributed by atoms with van der Waals surface area (Å²) in [5.41, 5.74) is 1.07. The van der Waals surface area contributed by atoms with E-state index in [0.717, 1.165) is 5.56 Å². The van der Waals surface area contributed by atoms with E-state index in [9.17, 15) is 4.79 Å². The maximum absolute atomic E-state index is 11.5. The summed E-state index contributed by atoms with van der Waals surface area (Å²) in [6, 6.07) is 11.2. The van der Waals surface area contributed by atoms with Crippen LogP contribution in [0.2, 0.25) is 0 Å². The molecule has 76 valence electrons. The van der Waals surface area contributed by atoms with Crippen LogP contribution in [0.3, 0.4) is 0 Å². The summed E-state index contributed by atoms with van der Waals surface area (Å²) in [5, 5.41) is 6.60. The number of benzene rings is 1. The molecule has 0 fully saturated rings. The SMILES string of the molecule is O=C(NCc1ccccc1)n1cccn1. The summed E-state index contributed by atoms with van der Waals surface area (Å²) in [4.78, 5) is 11.5. The fourth-order valence-electron chi connectivity index (χ4n) is 1.24. The lowest BCUT2D eigenvalue weighted by molar-refractivity contribution is 0.239. The predicted octanol–water partition coefficient (Wildman–Crippen LogP) is 1.64. The van der Waals surface area contributed by atoms with Gasteiger partial charge in [-0.2, -0.15) is 9.78 Å². The zero-order chi connectivity index (χ0) is 10.5. The van der Waals surface area contributed by atoms with Gasteiger partial charge in [0, 0.05) is 18.9 Å². The molecule has 0 aliphatic carbocycles. The fraction of sp³-hybridized carbons (Fsp3) is 0.0909. The van der Waals surface area contributed by atoms with Gasteiger partial charge >= 0.3 is 6.03 Å². The van der Waals surface area contributed by atoms with E-state index in [1.165, 1.54) is 4.68 Å². The normalized spacial score (nSPS) is 9.87. The second kappa shape index (κ2) is 4.41. The second-order valence-electron chi connectivity index (χ2n) is 3.09. The van der Waals surface area contributed by atoms with Crippen molar-refractivity contribution in [2.45, 2.75) is 6.54 Å². The van der Waals surface area contributed by atoms with Crippen LogP contribution in [-0.2, 0) is 6.54 Å². The Morgan fingerprint density at radius 2 is 2.07 bits per heavy atom. The third kappa shape index (κ3) is 2.43. The molecule has 0 atom stereocenters. The number of rotatable bonds is 2. The summed E-state index contributed by atoms with van der Waals surface area (Å²) in [5.74, 6) is 0. The number of nitrogens with zero attached hydrogens (tertiary/aromatic N) is 2. The Labute approximate surface area is 87.5 Å². The molecule has 0 saturated heterocycles. The van der Waals surface area contributed by atoms with Gasteiger partial charge in [-0.1, -0.05) is 30.3 Å². The Hall–Kier alpha value is -2.10. The first-order chi connectivity index (χ1) is 7.36. The summed E-state index contributed by atoms with van der Waals surface area (Å²) in [6.45, 7) is 0.513. The summed E-state index contributed by atoms with van der Waals surface area (Å²) >= 11 is 0. The quantitative estimate of drug-likeness (QED) is 0.802. The summed E-state index contributed by atoms with van der Waals surface area (Å²) in [6.07, 6.45) is 3.18. The number of carbonyl (C=O) groups is 1. The fourth-order valence-corrected chi connectivity index (χ4v) is 1.24. The van der Waals surface area contributed by atoms with Crippen molar-refractivity contribution in [3.8, 4) is 0 Å². The van der Waals surface area contributed by atoms with Crippen LogP contribution in [0.25, 0.3) is 0 Å². The molecule has 1 N–H and O–H groups in total. The highest BCUT2D eigenvalue weighted by atomic mass is 16.2. The third-order valence-electron chi connectivity index (χ3n) is 2.00. The highest BCUT2D eigenvalue weighted by Crippen LogP contribution is 1.97. The molecule has 1 amide bonds. The largest absolute Gasteiger partial charge is 0.342 e. The van der Waals surface area contributed by atoms with E-state index in [1.807, 2.05) is 30.3 Å². The maximum Gasteiger partial charge on any atom is 0.342 e. The average Bonchev–Trinajstić information content (AvgIpc) is 2.81. The van der Waals surface area contributed by atoms with Crippen molar-refractivity contribution >= 4 is 6.03 Å². The first kappa shape index (κ1) is 9.45. The zero-order valence-corrected chi connectivity index (χ0v) is 8.13. The number of hydrogen-bond acceptors (Lipinski definition) is 2. The van der Waals surface area contributed by atoms with Crippen molar-refractivity contribution in [1.82, 2.24) is 15.1 Å². The number of aromatic nitrogens is 2. The van der Waals surface area contributed by atoms with E-state index in [0.29, 0.717) is 6.54 Å². The molecule has 0 aliphatic rings. The molecule has 2 rings (SSSR count). The van der Waals surface area contributed by atoms with Crippen LogP contribution < -0.4 is 5.32 Å². The lowest BCUT2D eigenvalue weighted by Crippen LogP contribution is -2.28. The van der Waals surface area contributed by atoms with Gasteiger partial charge in [-0.3, -0.25) is 0 Å². The Morgan fingerprint density at radius 3 is 2.73 bits per heavy atom. The molecule has 0 aliphatic heterocycles. The van der Waals surface area contributed by atoms with Crippen molar-refractivity contribution in [2.24, 2.45) is 0 Å². The smallest absolute Gasteiger partial charge is 0.332 e. The van der Waals surface area contributed by atoms with E-state index in [1.54, 1.807) is 18.5 Å². The molecule has 0 saturated carbocycles. The van der Waals surface area contributed by atoms with Crippen molar-refractivity contribution in [2.75, 3.05) is 0 Å². The standard InChI is InChI=1S/C11H11N3O/c15-11(14-8-4-7-13-14)12-9-10-5-2-1-3-6-10/h1-8H,9H2,(H,12,15). The van der Waals surface area contributed by atoms with Gasteiger partial charge in [0.1, 0.15) is 0 Å². The average molecular weight is 201 g/mol. The minimum Gasteiger partial charge on any atom is -0.332 e. The Morgan fingerprint density at radius 1 is 1.27 bits per heavy atom. The Balaban J connectivity index is 1.92. The van der Waals surface area contributed by atoms with Crippen molar-refractivity contribution < 1.29 is 4.79 Å². The van der Waals surface area contributed by atoms with Gasteiger partial charge < -0.3 is 5.32 Å². The molecule has 2 aromatic rings. The number of nitrogens with one attached hydrogen (secondary N) is 1. The van der Waals surface area contributed by atoms with Gasteiger partial charge in [0.25, 0.3) is 0 Å². The van der Waals surface area contributed by atoms with E-state index in [2.05, 4.69) is 10.4 Å². The minimum atomic E-state index is -0.219. The molecule has 1 aromatic heterocycles. The summed E-state index contributed by atoms with van der Waals surface area (Å²) < 4.78 is 1.27. The van der Waals surface area contributed by atoms with Gasteiger partial charge in [0.05, 0.1) is 0 Å². The van der Waals surface area contributed by atoms with Gasteiger partial charge in [-0.15, -0.1) is 0 Å². The molecule has 15 heavy (non-hydrogen) atoms. The molecular formula is C11H11N3O. The van der Waals surface area contributed by atoms with Gasteiger partial charge in [0.2, 0.25) is 0 Å². The molecule has 4 nitrogen and oxygen atoms in total. The highest BCUT2D eigenvalue weighted by molar-refractivity contribution is 5.75. The van der Waals surface area contributed by atoms with Gasteiger partial charge in [-0.25, -0.2) is 4.79 Å². The monoisotopic (exact) mass is 201 g/mol. The Kier molecular flexibility index (Phi) is 2.78. The van der Waals surface area contributed by atoms with Crippen LogP contribution in [0.1, 0.15) is 5.56 Å². The molecule has 0 unspecified atom stereocenters. The molecule has 0 radical (unpaired) electrons. The van der Waals surface area contributed by atoms with E-state index in [4.69, 9.17) is 0 Å². The first-order valence-electron chi connectivity index (χ1n) is 4.68. The van der Waals surface area contributed by atoms with Crippen LogP contribution in [0.15, 0.2) is 48.8 Å². The van der Waals surface area contributed by atoms with Crippen LogP contribution in [0, 0.1) is 0 Å². The molecule has 1 heterocycles. The van der Waals surface area contributed by atoms with Crippen LogP contribution in [0.4, 0.5) is 4.79 Å². The van der Waals surface area contributed by atoms with Gasteiger partial charge in [0.15, 0.2) is 0 Å². The topological polar surface area (TPSA) is 46.9 Å². The number of carbonyl (C=O) groups excluding carboxylic acids is 1. The lowest BCUT2D eigenvalue weighted by atomic mass is 10.2. The molecular weight excluding hydrogens is 190 g/mol. The second-order valence-corrected chi connectivity index (χ2v) is 3.09. The molecule has 0 bridgehead atoms. The van der Waals surface area contributed by atoms with E-state index < -0.39 is 0 Å². The minimum absolute atomic E-state index is 0.219. The first-order valence-corrected chi connectivity index (χ1v) is 4.68. The highest BCUT2D eigenvalue weighted by Gasteiger charge is 2.02. The number of amides is 1. The van der Waals surface area contributed by atoms with Crippen molar-refractivity contribution in [3.63, 3.8) is 0 Å². The van der Waals surface area contributed by atoms with Crippen LogP contribution >= 0.6 is 0 Å². The van der Waals surface area contributed by atoms with Crippen LogP contribution in [-0.4, -0.2) is 15.8 Å². The predicted molar refractivity (Wildman–Crippen MR) is 56.3 cm³/mol. The Bertz CT molecular complexity index is 422. The molecule has 4 heteroatoms. The third-order valence-corrected chi connectivity index (χ3v) is 2.00. The summed E-state index contributed by atoms with van der Waals surface area (Å²) in [7, 11) is 0. The van der Waals surface area contributed by atoms with Crippen molar-refractivity contribution in [1.29, 1.82) is 0 Å². The molecule has 0 spiro atoms. The van der Waals surface area contributed by atoms with Crippen LogP contribution in [0.5, 0.6) is 0 Å². The van der Waals surface area contributed by atoms with Gasteiger partial charge in [-0.05, 0) is 11.6 Å². The lowest BCUT2D eigenvalue weighted by Gasteiger charge is -2.04. The number of hydrogen-bond donors (Lipinski definition) is 1. The maximum atomic E-state index is 11.5. The van der Waals surface area contributed by atoms with E-state index >= 15 is 0 Å². The zero-order valence-electron chi connectivity index (χ0n) is 8.13. The van der Waals surface area contributed by atoms with Crippen molar-refractivity contribution in [3.05, 3.63) is 54.4 Å². The molecule has 1 aromatic carbocycles.